The van der Waals surface area contributed by atoms with Crippen LogP contribution >= 0.6 is 11.3 Å². The lowest BCUT2D eigenvalue weighted by Gasteiger charge is -2.31. The maximum atomic E-state index is 13.4. The summed E-state index contributed by atoms with van der Waals surface area (Å²) in [6, 6.07) is 3.87. The van der Waals surface area contributed by atoms with Crippen molar-refractivity contribution in [1.82, 2.24) is 19.7 Å². The molecular weight excluding hydrogens is 454 g/mol. The van der Waals surface area contributed by atoms with E-state index in [9.17, 15) is 9.59 Å². The molecule has 0 aromatic carbocycles. The maximum Gasteiger partial charge on any atom is 0.263 e. The largest absolute Gasteiger partial charge is 0.381 e. The first-order chi connectivity index (χ1) is 16.7. The normalized spacial score (nSPS) is 17.6. The van der Waals surface area contributed by atoms with Gasteiger partial charge in [-0.1, -0.05) is 17.4 Å². The molecule has 0 unspecified atom stereocenters. The smallest absolute Gasteiger partial charge is 0.263 e. The number of ether oxygens (including phenoxy) is 2. The molecule has 34 heavy (non-hydrogen) atoms. The predicted molar refractivity (Wildman–Crippen MR) is 128 cm³/mol. The van der Waals surface area contributed by atoms with Gasteiger partial charge in [0, 0.05) is 64.0 Å². The number of anilines is 1. The summed E-state index contributed by atoms with van der Waals surface area (Å²) in [4.78, 5) is 37.3. The van der Waals surface area contributed by atoms with Crippen molar-refractivity contribution in [2.24, 2.45) is 11.8 Å². The average molecular weight is 484 g/mol. The Bertz CT molecular complexity index is 1130. The van der Waals surface area contributed by atoms with Crippen molar-refractivity contribution in [3.05, 3.63) is 47.4 Å². The van der Waals surface area contributed by atoms with Crippen LogP contribution in [0.4, 0.5) is 5.13 Å². The van der Waals surface area contributed by atoms with Gasteiger partial charge in [-0.05, 0) is 43.2 Å². The zero-order valence-electron chi connectivity index (χ0n) is 19.0. The summed E-state index contributed by atoms with van der Waals surface area (Å²) in [5.74, 6) is 0.202. The molecule has 5 heterocycles. The standard InChI is InChI=1S/C24H29N5O4S/c30-22(26-13-18-1-2-21-25-7-8-28(21)15-18)20-14-27-24(34-20)29(16-17-3-9-32-10-4-17)23(31)19-5-11-33-12-6-19/h1-2,7-8,14-15,17,19H,3-6,9-13,16H2,(H,26,30). The first-order valence-electron chi connectivity index (χ1n) is 11.8. The van der Waals surface area contributed by atoms with E-state index in [1.165, 1.54) is 11.3 Å². The number of hydrogen-bond acceptors (Lipinski definition) is 7. The fourth-order valence-electron chi connectivity index (χ4n) is 4.45. The maximum absolute atomic E-state index is 13.4. The van der Waals surface area contributed by atoms with Crippen molar-refractivity contribution in [3.63, 3.8) is 0 Å². The van der Waals surface area contributed by atoms with E-state index >= 15 is 0 Å². The summed E-state index contributed by atoms with van der Waals surface area (Å²) in [5, 5.41) is 3.55. The molecule has 0 aliphatic carbocycles. The third-order valence-corrected chi connectivity index (χ3v) is 7.49. The second kappa shape index (κ2) is 10.6. The van der Waals surface area contributed by atoms with Gasteiger partial charge in [-0.2, -0.15) is 0 Å². The van der Waals surface area contributed by atoms with Crippen molar-refractivity contribution in [3.8, 4) is 0 Å². The van der Waals surface area contributed by atoms with E-state index in [4.69, 9.17) is 9.47 Å². The minimum Gasteiger partial charge on any atom is -0.381 e. The van der Waals surface area contributed by atoms with Crippen LogP contribution < -0.4 is 10.2 Å². The number of fused-ring (bicyclic) bond motifs is 1. The molecule has 2 fully saturated rings. The monoisotopic (exact) mass is 483 g/mol. The van der Waals surface area contributed by atoms with Crippen LogP contribution in [0.2, 0.25) is 0 Å². The fraction of sp³-hybridized carbons (Fsp3) is 0.500. The van der Waals surface area contributed by atoms with E-state index in [0.29, 0.717) is 42.2 Å². The van der Waals surface area contributed by atoms with Crippen molar-refractivity contribution in [1.29, 1.82) is 0 Å². The van der Waals surface area contributed by atoms with Crippen molar-refractivity contribution in [2.75, 3.05) is 37.9 Å². The zero-order valence-corrected chi connectivity index (χ0v) is 19.8. The van der Waals surface area contributed by atoms with E-state index in [2.05, 4.69) is 15.3 Å². The van der Waals surface area contributed by atoms with E-state index in [-0.39, 0.29) is 17.7 Å². The van der Waals surface area contributed by atoms with Crippen LogP contribution in [-0.2, 0) is 20.8 Å². The number of imidazole rings is 1. The summed E-state index contributed by atoms with van der Waals surface area (Å²) < 4.78 is 12.9. The van der Waals surface area contributed by atoms with Crippen LogP contribution in [0, 0.1) is 11.8 Å². The SMILES string of the molecule is O=C(NCc1ccc2nccn2c1)c1cnc(N(CC2CCOCC2)C(=O)C2CCOCC2)s1. The highest BCUT2D eigenvalue weighted by molar-refractivity contribution is 7.17. The number of carbonyl (C=O) groups is 2. The van der Waals surface area contributed by atoms with E-state index < -0.39 is 0 Å². The van der Waals surface area contributed by atoms with Crippen molar-refractivity contribution >= 4 is 33.9 Å². The summed E-state index contributed by atoms with van der Waals surface area (Å²) >= 11 is 1.27. The van der Waals surface area contributed by atoms with Gasteiger partial charge in [0.2, 0.25) is 5.91 Å². The number of carbonyl (C=O) groups excluding carboxylic acids is 2. The first kappa shape index (κ1) is 22.9. The fourth-order valence-corrected chi connectivity index (χ4v) is 5.30. The number of nitrogens with zero attached hydrogens (tertiary/aromatic N) is 4. The van der Waals surface area contributed by atoms with Gasteiger partial charge in [0.1, 0.15) is 10.5 Å². The Hall–Kier alpha value is -2.82. The Morgan fingerprint density at radius 3 is 2.65 bits per heavy atom. The lowest BCUT2D eigenvalue weighted by Crippen LogP contribution is -2.42. The minimum atomic E-state index is -0.195. The lowest BCUT2D eigenvalue weighted by molar-refractivity contribution is -0.125. The van der Waals surface area contributed by atoms with Gasteiger partial charge in [-0.25, -0.2) is 9.97 Å². The van der Waals surface area contributed by atoms with E-state index in [1.54, 1.807) is 17.3 Å². The van der Waals surface area contributed by atoms with E-state index in [1.807, 2.05) is 28.9 Å². The molecular formula is C24H29N5O4S. The highest BCUT2D eigenvalue weighted by Crippen LogP contribution is 2.29. The summed E-state index contributed by atoms with van der Waals surface area (Å²) in [6.07, 6.45) is 10.4. The third-order valence-electron chi connectivity index (χ3n) is 6.47. The van der Waals surface area contributed by atoms with Crippen LogP contribution in [0.15, 0.2) is 36.9 Å². The third kappa shape index (κ3) is 5.29. The molecule has 5 rings (SSSR count). The molecule has 0 atom stereocenters. The first-order valence-corrected chi connectivity index (χ1v) is 12.6. The number of pyridine rings is 1. The predicted octanol–water partition coefficient (Wildman–Crippen LogP) is 2.91. The topological polar surface area (TPSA) is 98.1 Å². The number of hydrogen-bond donors (Lipinski definition) is 1. The quantitative estimate of drug-likeness (QED) is 0.555. The van der Waals surface area contributed by atoms with Crippen LogP contribution in [-0.4, -0.2) is 59.2 Å². The van der Waals surface area contributed by atoms with Gasteiger partial charge in [0.05, 0.1) is 6.20 Å². The Morgan fingerprint density at radius 1 is 1.09 bits per heavy atom. The molecule has 2 saturated heterocycles. The highest BCUT2D eigenvalue weighted by atomic mass is 32.1. The number of thiazole rings is 1. The Labute approximate surface area is 202 Å². The molecule has 1 N–H and O–H groups in total. The zero-order chi connectivity index (χ0) is 23.3. The van der Waals surface area contributed by atoms with Crippen molar-refractivity contribution in [2.45, 2.75) is 32.2 Å². The van der Waals surface area contributed by atoms with Gasteiger partial charge in [-0.15, -0.1) is 0 Å². The molecule has 2 aliphatic rings. The van der Waals surface area contributed by atoms with Gasteiger partial charge < -0.3 is 19.2 Å². The molecule has 2 aliphatic heterocycles. The van der Waals surface area contributed by atoms with Gasteiger partial charge in [0.15, 0.2) is 5.13 Å². The molecule has 0 saturated carbocycles. The summed E-state index contributed by atoms with van der Waals surface area (Å²) in [5.41, 5.74) is 1.83. The number of rotatable bonds is 7. The minimum absolute atomic E-state index is 0.0622. The Morgan fingerprint density at radius 2 is 1.85 bits per heavy atom. The van der Waals surface area contributed by atoms with Crippen molar-refractivity contribution < 1.29 is 19.1 Å². The van der Waals surface area contributed by atoms with Crippen LogP contribution in [0.3, 0.4) is 0 Å². The second-order valence-corrected chi connectivity index (χ2v) is 9.82. The second-order valence-electron chi connectivity index (χ2n) is 8.81. The molecule has 9 nitrogen and oxygen atoms in total. The van der Waals surface area contributed by atoms with Gasteiger partial charge >= 0.3 is 0 Å². The number of aromatic nitrogens is 3. The average Bonchev–Trinajstić information content (AvgIpc) is 3.56. The summed E-state index contributed by atoms with van der Waals surface area (Å²) in [7, 11) is 0. The molecule has 3 aromatic rings. The number of amides is 2. The molecule has 0 radical (unpaired) electrons. The van der Waals surface area contributed by atoms with Gasteiger partial charge in [-0.3, -0.25) is 14.5 Å². The van der Waals surface area contributed by atoms with Crippen LogP contribution in [0.25, 0.3) is 5.65 Å². The lowest BCUT2D eigenvalue weighted by atomic mass is 9.96. The molecule has 10 heteroatoms. The van der Waals surface area contributed by atoms with Crippen LogP contribution in [0.5, 0.6) is 0 Å². The molecule has 0 spiro atoms. The molecule has 2 amide bonds. The highest BCUT2D eigenvalue weighted by Gasteiger charge is 2.31. The summed E-state index contributed by atoms with van der Waals surface area (Å²) in [6.45, 7) is 3.67. The van der Waals surface area contributed by atoms with Crippen LogP contribution in [0.1, 0.15) is 40.9 Å². The Balaban J connectivity index is 1.27. The molecule has 180 valence electrons. The Kier molecular flexibility index (Phi) is 7.17. The molecule has 3 aromatic heterocycles. The number of nitrogens with one attached hydrogen (secondary N) is 1. The molecule has 0 bridgehead atoms. The van der Waals surface area contributed by atoms with Gasteiger partial charge in [0.25, 0.3) is 5.91 Å². The van der Waals surface area contributed by atoms with E-state index in [0.717, 1.165) is 50.1 Å².